The van der Waals surface area contributed by atoms with Crippen molar-refractivity contribution in [3.63, 3.8) is 0 Å². The van der Waals surface area contributed by atoms with E-state index in [4.69, 9.17) is 10.5 Å². The summed E-state index contributed by atoms with van der Waals surface area (Å²) in [5.41, 5.74) is 5.08. The molecule has 0 bridgehead atoms. The zero-order chi connectivity index (χ0) is 18.6. The molecule has 0 aliphatic carbocycles. The van der Waals surface area contributed by atoms with Gasteiger partial charge in [-0.05, 0) is 27.7 Å². The van der Waals surface area contributed by atoms with E-state index in [9.17, 15) is 13.2 Å². The van der Waals surface area contributed by atoms with Gasteiger partial charge in [0.15, 0.2) is 5.03 Å². The number of carbonyl (C=O) groups excluding carboxylic acids is 1. The van der Waals surface area contributed by atoms with E-state index >= 15 is 0 Å². The summed E-state index contributed by atoms with van der Waals surface area (Å²) in [6.45, 7) is 8.73. The Balaban J connectivity index is 1.61. The molecule has 1 amide bonds. The third-order valence-corrected chi connectivity index (χ3v) is 6.06. The first kappa shape index (κ1) is 17.9. The molecule has 2 N–H and O–H groups in total. The van der Waals surface area contributed by atoms with E-state index in [1.165, 1.54) is 10.5 Å². The van der Waals surface area contributed by atoms with Gasteiger partial charge < -0.3 is 15.4 Å². The molecule has 2 fully saturated rings. The molecule has 9 nitrogen and oxygen atoms in total. The number of sulfonamides is 1. The van der Waals surface area contributed by atoms with Crippen LogP contribution in [0.4, 0.5) is 10.6 Å². The van der Waals surface area contributed by atoms with E-state index < -0.39 is 15.6 Å². The maximum atomic E-state index is 12.7. The lowest BCUT2D eigenvalue weighted by Crippen LogP contribution is -2.73. The minimum atomic E-state index is -3.69. The number of aryl methyl sites for hydroxylation is 1. The van der Waals surface area contributed by atoms with Gasteiger partial charge in [0.25, 0.3) is 10.0 Å². The van der Waals surface area contributed by atoms with Crippen molar-refractivity contribution >= 4 is 21.9 Å². The minimum absolute atomic E-state index is 0.0696. The molecular weight excluding hydrogens is 346 g/mol. The highest BCUT2D eigenvalue weighted by Gasteiger charge is 2.57. The fourth-order valence-electron chi connectivity index (χ4n) is 3.15. The summed E-state index contributed by atoms with van der Waals surface area (Å²) < 4.78 is 32.0. The lowest BCUT2D eigenvalue weighted by Gasteiger charge is -2.58. The molecule has 10 heteroatoms. The lowest BCUT2D eigenvalue weighted by molar-refractivity contribution is -0.0840. The van der Waals surface area contributed by atoms with Crippen LogP contribution in [0.5, 0.6) is 0 Å². The first-order valence-electron chi connectivity index (χ1n) is 7.99. The molecule has 0 radical (unpaired) electrons. The van der Waals surface area contributed by atoms with Crippen molar-refractivity contribution < 1.29 is 17.9 Å². The van der Waals surface area contributed by atoms with Crippen LogP contribution in [0, 0.1) is 12.3 Å². The number of hydrogen-bond acceptors (Lipinski definition) is 7. The predicted octanol–water partition coefficient (Wildman–Crippen LogP) is 0.609. The molecule has 2 saturated heterocycles. The Morgan fingerprint density at radius 2 is 1.88 bits per heavy atom. The third-order valence-electron chi connectivity index (χ3n) is 4.23. The van der Waals surface area contributed by atoms with Gasteiger partial charge in [0.05, 0.1) is 11.9 Å². The zero-order valence-electron chi connectivity index (χ0n) is 14.8. The molecule has 0 atom stereocenters. The van der Waals surface area contributed by atoms with Gasteiger partial charge in [-0.2, -0.15) is 4.31 Å². The molecule has 0 saturated carbocycles. The highest BCUT2D eigenvalue weighted by Crippen LogP contribution is 2.42. The van der Waals surface area contributed by atoms with E-state index in [0.717, 1.165) is 0 Å². The van der Waals surface area contributed by atoms with Gasteiger partial charge >= 0.3 is 6.09 Å². The highest BCUT2D eigenvalue weighted by atomic mass is 32.2. The van der Waals surface area contributed by atoms with Crippen molar-refractivity contribution in [1.29, 1.82) is 0 Å². The van der Waals surface area contributed by atoms with Gasteiger partial charge in [0.1, 0.15) is 11.4 Å². The Bertz CT molecular complexity index is 804. The Morgan fingerprint density at radius 3 is 2.40 bits per heavy atom. The number of ether oxygens (including phenoxy) is 1. The van der Waals surface area contributed by atoms with Crippen molar-refractivity contribution in [2.75, 3.05) is 31.9 Å². The Labute approximate surface area is 147 Å². The largest absolute Gasteiger partial charge is 0.444 e. The maximum absolute atomic E-state index is 12.7. The molecular formula is C15H23N5O4S. The average Bonchev–Trinajstić information content (AvgIpc) is 2.31. The second-order valence-corrected chi connectivity index (χ2v) is 9.65. The second kappa shape index (κ2) is 5.53. The van der Waals surface area contributed by atoms with Crippen molar-refractivity contribution in [1.82, 2.24) is 19.2 Å². The predicted molar refractivity (Wildman–Crippen MR) is 90.2 cm³/mol. The number of likely N-dealkylation sites (tertiary alicyclic amines) is 1. The standard InChI is InChI=1S/C15H23N5O4S/c1-10-12(17-5-11(16)18-10)25(22,23)20-8-15(9-20)6-19(7-15)13(21)24-14(2,3)4/h5H,6-9H2,1-4H3,(H2,16,18). The summed E-state index contributed by atoms with van der Waals surface area (Å²) in [6.07, 6.45) is 0.878. The summed E-state index contributed by atoms with van der Waals surface area (Å²) >= 11 is 0. The van der Waals surface area contributed by atoms with E-state index in [-0.39, 0.29) is 28.0 Å². The fourth-order valence-corrected chi connectivity index (χ4v) is 4.89. The van der Waals surface area contributed by atoms with E-state index in [0.29, 0.717) is 26.2 Å². The fraction of sp³-hybridized carbons (Fsp3) is 0.667. The van der Waals surface area contributed by atoms with Crippen molar-refractivity contribution in [2.45, 2.75) is 38.3 Å². The number of nitrogens with zero attached hydrogens (tertiary/aromatic N) is 4. The van der Waals surface area contributed by atoms with Crippen LogP contribution in [0.1, 0.15) is 26.5 Å². The normalized spacial score (nSPS) is 20.1. The van der Waals surface area contributed by atoms with Crippen LogP contribution >= 0.6 is 0 Å². The molecule has 138 valence electrons. The Morgan fingerprint density at radius 1 is 1.28 bits per heavy atom. The van der Waals surface area contributed by atoms with Crippen LogP contribution < -0.4 is 5.73 Å². The van der Waals surface area contributed by atoms with Crippen LogP contribution in [0.3, 0.4) is 0 Å². The van der Waals surface area contributed by atoms with Crippen LogP contribution in [0.2, 0.25) is 0 Å². The van der Waals surface area contributed by atoms with E-state index in [2.05, 4.69) is 9.97 Å². The summed E-state index contributed by atoms with van der Waals surface area (Å²) in [7, 11) is -3.69. The van der Waals surface area contributed by atoms with Gasteiger partial charge in [0.2, 0.25) is 0 Å². The number of anilines is 1. The minimum Gasteiger partial charge on any atom is -0.444 e. The van der Waals surface area contributed by atoms with E-state index in [1.54, 1.807) is 11.8 Å². The molecule has 1 aromatic heterocycles. The Kier molecular flexibility index (Phi) is 3.95. The molecule has 2 aliphatic rings. The maximum Gasteiger partial charge on any atom is 0.410 e. The third kappa shape index (κ3) is 3.28. The number of nitrogen functional groups attached to an aromatic ring is 1. The van der Waals surface area contributed by atoms with Crippen molar-refractivity contribution in [3.8, 4) is 0 Å². The molecule has 2 aliphatic heterocycles. The zero-order valence-corrected chi connectivity index (χ0v) is 15.6. The molecule has 3 heterocycles. The van der Waals surface area contributed by atoms with Gasteiger partial charge in [-0.25, -0.2) is 23.2 Å². The number of carbonyl (C=O) groups is 1. The van der Waals surface area contributed by atoms with Crippen LogP contribution in [0.25, 0.3) is 0 Å². The summed E-state index contributed by atoms with van der Waals surface area (Å²) in [5.74, 6) is 0.184. The number of amides is 1. The second-order valence-electron chi connectivity index (χ2n) is 7.79. The van der Waals surface area contributed by atoms with Crippen molar-refractivity contribution in [2.24, 2.45) is 5.41 Å². The monoisotopic (exact) mass is 369 g/mol. The average molecular weight is 369 g/mol. The highest BCUT2D eigenvalue weighted by molar-refractivity contribution is 7.89. The quantitative estimate of drug-likeness (QED) is 0.811. The molecule has 0 aromatic carbocycles. The van der Waals surface area contributed by atoms with E-state index in [1.807, 2.05) is 20.8 Å². The number of aromatic nitrogens is 2. The van der Waals surface area contributed by atoms with Gasteiger partial charge in [0, 0.05) is 31.6 Å². The van der Waals surface area contributed by atoms with Crippen molar-refractivity contribution in [3.05, 3.63) is 11.9 Å². The van der Waals surface area contributed by atoms with Gasteiger partial charge in [-0.15, -0.1) is 0 Å². The number of rotatable bonds is 2. The number of nitrogens with two attached hydrogens (primary N) is 1. The molecule has 3 rings (SSSR count). The first-order valence-corrected chi connectivity index (χ1v) is 9.43. The van der Waals surface area contributed by atoms with Crippen LogP contribution in [0.15, 0.2) is 11.2 Å². The Hall–Kier alpha value is -1.94. The topological polar surface area (TPSA) is 119 Å². The summed E-state index contributed by atoms with van der Waals surface area (Å²) in [6, 6.07) is 0. The first-order chi connectivity index (χ1) is 11.4. The smallest absolute Gasteiger partial charge is 0.410 e. The SMILES string of the molecule is Cc1nc(N)cnc1S(=O)(=O)N1CC2(CN(C(=O)OC(C)(C)C)C2)C1. The van der Waals surface area contributed by atoms with Gasteiger partial charge in [-0.3, -0.25) is 0 Å². The molecule has 1 aromatic rings. The number of hydrogen-bond donors (Lipinski definition) is 1. The molecule has 0 unspecified atom stereocenters. The molecule has 25 heavy (non-hydrogen) atoms. The van der Waals surface area contributed by atoms with Gasteiger partial charge in [-0.1, -0.05) is 0 Å². The van der Waals surface area contributed by atoms with Crippen LogP contribution in [-0.4, -0.2) is 65.5 Å². The summed E-state index contributed by atoms with van der Waals surface area (Å²) in [4.78, 5) is 21.5. The lowest BCUT2D eigenvalue weighted by atomic mass is 9.75. The summed E-state index contributed by atoms with van der Waals surface area (Å²) in [5, 5.41) is -0.0696. The molecule has 1 spiro atoms. The van der Waals surface area contributed by atoms with Crippen LogP contribution in [-0.2, 0) is 14.8 Å².